The zero-order chi connectivity index (χ0) is 51.0. The van der Waals surface area contributed by atoms with Crippen LogP contribution in [-0.4, -0.2) is 98.7 Å². The lowest BCUT2D eigenvalue weighted by molar-refractivity contribution is -0.302. The van der Waals surface area contributed by atoms with E-state index in [4.69, 9.17) is 9.47 Å². The van der Waals surface area contributed by atoms with E-state index in [9.17, 15) is 35.4 Å². The molecule has 0 bridgehead atoms. The minimum atomic E-state index is -1.61. The minimum absolute atomic E-state index is 0.303. The Morgan fingerprint density at radius 2 is 0.829 bits per heavy atom. The third kappa shape index (κ3) is 38.2. The molecule has 8 unspecified atom stereocenters. The van der Waals surface area contributed by atoms with Crippen LogP contribution in [0.15, 0.2) is 24.3 Å². The van der Waals surface area contributed by atoms with E-state index in [-0.39, 0.29) is 6.61 Å². The predicted octanol–water partition coefficient (Wildman–Crippen LogP) is 13.9. The summed E-state index contributed by atoms with van der Waals surface area (Å²) in [7, 11) is 0. The van der Waals surface area contributed by atoms with E-state index in [1.807, 2.05) is 6.08 Å². The molecular formula is C60H115NO9. The summed E-state index contributed by atoms with van der Waals surface area (Å²) in [5.41, 5.74) is 0. The monoisotopic (exact) mass is 994 g/mol. The first-order valence-electron chi connectivity index (χ1n) is 30.2. The van der Waals surface area contributed by atoms with Crippen molar-refractivity contribution < 1.29 is 44.9 Å². The zero-order valence-electron chi connectivity index (χ0n) is 45.7. The van der Waals surface area contributed by atoms with Crippen LogP contribution in [0.3, 0.4) is 0 Å². The summed E-state index contributed by atoms with van der Waals surface area (Å²) in [4.78, 5) is 13.1. The fourth-order valence-corrected chi connectivity index (χ4v) is 9.75. The summed E-state index contributed by atoms with van der Waals surface area (Å²) < 4.78 is 11.2. The Bertz CT molecular complexity index is 1170. The maximum Gasteiger partial charge on any atom is 0.249 e. The van der Waals surface area contributed by atoms with Crippen molar-refractivity contribution in [3.05, 3.63) is 24.3 Å². The first-order chi connectivity index (χ1) is 34.3. The molecule has 1 aliphatic rings. The van der Waals surface area contributed by atoms with Crippen molar-refractivity contribution >= 4 is 5.91 Å². The van der Waals surface area contributed by atoms with Gasteiger partial charge in [0.1, 0.15) is 30.5 Å². The standard InChI is InChI=1S/C60H115NO9/c1-3-5-7-9-11-13-15-17-19-21-22-23-24-25-26-27-28-29-30-31-32-33-35-37-39-41-43-45-47-49-54(64)59(68)61-52(51-69-60-58(67)57(66)56(65)55(50-62)70-60)53(63)48-46-44-42-40-38-36-34-20-18-16-14-12-10-8-6-4-2/h25-26,46,48,52-58,60,62-67H,3-24,27-45,47,49-51H2,1-2H3,(H,61,68)/b26-25-,48-46+. The summed E-state index contributed by atoms with van der Waals surface area (Å²) in [5, 5.41) is 65.1. The highest BCUT2D eigenvalue weighted by molar-refractivity contribution is 5.80. The Kier molecular flexibility index (Phi) is 47.4. The number of carbonyl (C=O) groups is 1. The van der Waals surface area contributed by atoms with Crippen LogP contribution in [0, 0.1) is 0 Å². The van der Waals surface area contributed by atoms with Gasteiger partial charge in [-0.2, -0.15) is 0 Å². The smallest absolute Gasteiger partial charge is 0.249 e. The van der Waals surface area contributed by atoms with Crippen molar-refractivity contribution in [2.45, 2.75) is 339 Å². The second-order valence-electron chi connectivity index (χ2n) is 21.3. The van der Waals surface area contributed by atoms with Crippen molar-refractivity contribution in [1.29, 1.82) is 0 Å². The number of aliphatic hydroxyl groups is 6. The van der Waals surface area contributed by atoms with Crippen molar-refractivity contribution in [3.63, 3.8) is 0 Å². The lowest BCUT2D eigenvalue weighted by Crippen LogP contribution is -2.60. The van der Waals surface area contributed by atoms with Gasteiger partial charge in [0.05, 0.1) is 25.4 Å². The van der Waals surface area contributed by atoms with Gasteiger partial charge < -0.3 is 45.4 Å². The second-order valence-corrected chi connectivity index (χ2v) is 21.3. The van der Waals surface area contributed by atoms with Gasteiger partial charge in [-0.15, -0.1) is 0 Å². The minimum Gasteiger partial charge on any atom is -0.394 e. The summed E-state index contributed by atoms with van der Waals surface area (Å²) >= 11 is 0. The first-order valence-corrected chi connectivity index (χ1v) is 30.2. The number of carbonyl (C=O) groups excluding carboxylic acids is 1. The van der Waals surface area contributed by atoms with Crippen LogP contribution in [0.25, 0.3) is 0 Å². The molecule has 1 aliphatic heterocycles. The van der Waals surface area contributed by atoms with Crippen LogP contribution < -0.4 is 5.32 Å². The Hall–Kier alpha value is -1.37. The summed E-state index contributed by atoms with van der Waals surface area (Å²) in [6, 6.07) is -0.979. The molecule has 0 spiro atoms. The fourth-order valence-electron chi connectivity index (χ4n) is 9.75. The Morgan fingerprint density at radius 1 is 0.486 bits per heavy atom. The molecule has 0 radical (unpaired) electrons. The lowest BCUT2D eigenvalue weighted by Gasteiger charge is -2.40. The maximum atomic E-state index is 13.1. The number of ether oxygens (including phenoxy) is 2. The molecule has 0 aromatic carbocycles. The topological polar surface area (TPSA) is 169 Å². The van der Waals surface area contributed by atoms with Gasteiger partial charge in [-0.1, -0.05) is 269 Å². The van der Waals surface area contributed by atoms with E-state index < -0.39 is 61.5 Å². The van der Waals surface area contributed by atoms with E-state index in [1.54, 1.807) is 6.08 Å². The van der Waals surface area contributed by atoms with Crippen molar-refractivity contribution in [2.75, 3.05) is 13.2 Å². The van der Waals surface area contributed by atoms with Gasteiger partial charge in [-0.25, -0.2) is 0 Å². The van der Waals surface area contributed by atoms with Crippen LogP contribution in [-0.2, 0) is 14.3 Å². The molecule has 1 amide bonds. The van der Waals surface area contributed by atoms with Crippen LogP contribution >= 0.6 is 0 Å². The van der Waals surface area contributed by atoms with Gasteiger partial charge in [0.25, 0.3) is 0 Å². The highest BCUT2D eigenvalue weighted by Gasteiger charge is 2.44. The normalized spacial score (nSPS) is 19.9. The van der Waals surface area contributed by atoms with Crippen LogP contribution in [0.1, 0.15) is 290 Å². The van der Waals surface area contributed by atoms with Crippen LogP contribution in [0.4, 0.5) is 0 Å². The van der Waals surface area contributed by atoms with Crippen molar-refractivity contribution in [3.8, 4) is 0 Å². The number of aliphatic hydroxyl groups excluding tert-OH is 6. The third-order valence-electron chi connectivity index (χ3n) is 14.6. The van der Waals surface area contributed by atoms with Gasteiger partial charge in [0.15, 0.2) is 6.29 Å². The van der Waals surface area contributed by atoms with Gasteiger partial charge in [-0.05, 0) is 44.9 Å². The lowest BCUT2D eigenvalue weighted by atomic mass is 9.99. The molecule has 414 valence electrons. The first kappa shape index (κ1) is 66.6. The molecule has 1 rings (SSSR count). The van der Waals surface area contributed by atoms with Gasteiger partial charge >= 0.3 is 0 Å². The number of hydrogen-bond acceptors (Lipinski definition) is 9. The van der Waals surface area contributed by atoms with E-state index in [0.29, 0.717) is 6.42 Å². The molecule has 10 nitrogen and oxygen atoms in total. The van der Waals surface area contributed by atoms with Crippen LogP contribution in [0.2, 0.25) is 0 Å². The molecule has 1 fully saturated rings. The van der Waals surface area contributed by atoms with Crippen LogP contribution in [0.5, 0.6) is 0 Å². The molecule has 10 heteroatoms. The van der Waals surface area contributed by atoms with Gasteiger partial charge in [0, 0.05) is 0 Å². The Morgan fingerprint density at radius 3 is 1.20 bits per heavy atom. The fraction of sp³-hybridized carbons (Fsp3) is 0.917. The maximum absolute atomic E-state index is 13.1. The molecular weight excluding hydrogens is 879 g/mol. The zero-order valence-corrected chi connectivity index (χ0v) is 45.7. The predicted molar refractivity (Wildman–Crippen MR) is 292 cm³/mol. The third-order valence-corrected chi connectivity index (χ3v) is 14.6. The Balaban J connectivity index is 2.20. The van der Waals surface area contributed by atoms with E-state index in [2.05, 4.69) is 31.3 Å². The average molecular weight is 995 g/mol. The molecule has 0 aliphatic carbocycles. The molecule has 8 atom stereocenters. The quantitative estimate of drug-likeness (QED) is 0.0232. The number of unbranched alkanes of at least 4 members (excludes halogenated alkanes) is 39. The van der Waals surface area contributed by atoms with Gasteiger partial charge in [0.2, 0.25) is 5.91 Å². The highest BCUT2D eigenvalue weighted by atomic mass is 16.7. The molecule has 70 heavy (non-hydrogen) atoms. The summed E-state index contributed by atoms with van der Waals surface area (Å²) in [5.74, 6) is -0.612. The molecule has 7 N–H and O–H groups in total. The number of nitrogens with one attached hydrogen (secondary N) is 1. The average Bonchev–Trinajstić information content (AvgIpc) is 3.36. The highest BCUT2D eigenvalue weighted by Crippen LogP contribution is 2.23. The number of amides is 1. The molecule has 0 aromatic heterocycles. The molecule has 1 saturated heterocycles. The van der Waals surface area contributed by atoms with E-state index >= 15 is 0 Å². The summed E-state index contributed by atoms with van der Waals surface area (Å²) in [6.45, 7) is 3.65. The Labute approximate surface area is 431 Å². The SMILES string of the molecule is CCCCCCCCCCCCCC/C=C\CCCCCCCCCCCCCCCC(O)C(=O)NC(COC1OC(CO)C(O)C(O)C1O)C(O)/C=C/CCCCCCCCCCCCCCCC. The number of allylic oxidation sites excluding steroid dienone is 3. The summed E-state index contributed by atoms with van der Waals surface area (Å²) in [6.07, 6.45) is 52.9. The molecule has 0 saturated carbocycles. The van der Waals surface area contributed by atoms with Crippen molar-refractivity contribution in [1.82, 2.24) is 5.32 Å². The molecule has 0 aromatic rings. The molecule has 1 heterocycles. The number of rotatable bonds is 52. The van der Waals surface area contributed by atoms with Gasteiger partial charge in [-0.3, -0.25) is 4.79 Å². The van der Waals surface area contributed by atoms with E-state index in [0.717, 1.165) is 44.9 Å². The largest absolute Gasteiger partial charge is 0.394 e. The van der Waals surface area contributed by atoms with E-state index in [1.165, 1.54) is 225 Å². The number of hydrogen-bond donors (Lipinski definition) is 7. The van der Waals surface area contributed by atoms with Crippen molar-refractivity contribution in [2.24, 2.45) is 0 Å². The second kappa shape index (κ2) is 49.8.